The molecule has 0 aliphatic rings. The molecule has 0 aromatic heterocycles. The van der Waals surface area contributed by atoms with Gasteiger partial charge in [-0.3, -0.25) is 10.1 Å². The zero-order valence-electron chi connectivity index (χ0n) is 15.3. The van der Waals surface area contributed by atoms with Gasteiger partial charge in [0.2, 0.25) is 0 Å². The van der Waals surface area contributed by atoms with E-state index < -0.39 is 0 Å². The van der Waals surface area contributed by atoms with Crippen molar-refractivity contribution in [2.45, 2.75) is 46.3 Å². The van der Waals surface area contributed by atoms with Gasteiger partial charge in [-0.25, -0.2) is 0 Å². The molecule has 134 valence electrons. The lowest BCUT2D eigenvalue weighted by Crippen LogP contribution is -2.28. The summed E-state index contributed by atoms with van der Waals surface area (Å²) in [4.78, 5) is 11.0. The SMILES string of the molecule is Cc1cc(NCC(Cc2ccccc2)OC(C)C)c([N+](=O)[O-])cc1C. The van der Waals surface area contributed by atoms with Crippen LogP contribution in [0.2, 0.25) is 0 Å². The van der Waals surface area contributed by atoms with Crippen molar-refractivity contribution in [2.24, 2.45) is 0 Å². The summed E-state index contributed by atoms with van der Waals surface area (Å²) < 4.78 is 6.00. The van der Waals surface area contributed by atoms with Crippen molar-refractivity contribution < 1.29 is 9.66 Å². The van der Waals surface area contributed by atoms with E-state index in [-0.39, 0.29) is 22.8 Å². The van der Waals surface area contributed by atoms with Crippen molar-refractivity contribution in [2.75, 3.05) is 11.9 Å². The van der Waals surface area contributed by atoms with Crippen molar-refractivity contribution in [3.05, 3.63) is 69.3 Å². The van der Waals surface area contributed by atoms with Gasteiger partial charge in [-0.05, 0) is 50.5 Å². The van der Waals surface area contributed by atoms with Crippen molar-refractivity contribution in [3.8, 4) is 0 Å². The first kappa shape index (κ1) is 18.9. The van der Waals surface area contributed by atoms with Crippen LogP contribution in [0, 0.1) is 24.0 Å². The second-order valence-corrected chi connectivity index (χ2v) is 6.59. The van der Waals surface area contributed by atoms with Gasteiger partial charge in [0.05, 0.1) is 17.1 Å². The zero-order valence-corrected chi connectivity index (χ0v) is 15.3. The number of hydrogen-bond acceptors (Lipinski definition) is 4. The van der Waals surface area contributed by atoms with Gasteiger partial charge in [0.15, 0.2) is 0 Å². The molecule has 0 heterocycles. The Bertz CT molecular complexity index is 714. The number of nitrogens with zero attached hydrogens (tertiary/aromatic N) is 1. The van der Waals surface area contributed by atoms with Crippen LogP contribution < -0.4 is 5.32 Å². The fourth-order valence-corrected chi connectivity index (χ4v) is 2.75. The van der Waals surface area contributed by atoms with Gasteiger partial charge in [0.25, 0.3) is 5.69 Å². The minimum atomic E-state index is -0.343. The van der Waals surface area contributed by atoms with E-state index in [2.05, 4.69) is 17.4 Å². The molecule has 2 rings (SSSR count). The molecule has 0 saturated carbocycles. The smallest absolute Gasteiger partial charge is 0.292 e. The molecule has 1 unspecified atom stereocenters. The minimum Gasteiger partial charge on any atom is -0.377 e. The lowest BCUT2D eigenvalue weighted by Gasteiger charge is -2.22. The highest BCUT2D eigenvalue weighted by Crippen LogP contribution is 2.28. The summed E-state index contributed by atoms with van der Waals surface area (Å²) in [7, 11) is 0. The summed E-state index contributed by atoms with van der Waals surface area (Å²) in [6.45, 7) is 8.34. The van der Waals surface area contributed by atoms with Crippen molar-refractivity contribution in [3.63, 3.8) is 0 Å². The van der Waals surface area contributed by atoms with E-state index >= 15 is 0 Å². The van der Waals surface area contributed by atoms with Crippen molar-refractivity contribution >= 4 is 11.4 Å². The summed E-state index contributed by atoms with van der Waals surface area (Å²) in [6.07, 6.45) is 0.777. The maximum absolute atomic E-state index is 11.3. The Hall–Kier alpha value is -2.40. The Balaban J connectivity index is 2.14. The molecule has 0 amide bonds. The molecule has 0 aliphatic carbocycles. The standard InChI is InChI=1S/C20H26N2O3/c1-14(2)25-18(12-17-8-6-5-7-9-17)13-21-19-10-15(3)16(4)11-20(19)22(23)24/h5-11,14,18,21H,12-13H2,1-4H3. The number of hydrogen-bond donors (Lipinski definition) is 1. The Labute approximate surface area is 149 Å². The second kappa shape index (κ2) is 8.62. The van der Waals surface area contributed by atoms with E-state index in [0.717, 1.165) is 17.5 Å². The maximum Gasteiger partial charge on any atom is 0.292 e. The molecule has 25 heavy (non-hydrogen) atoms. The fraction of sp³-hybridized carbons (Fsp3) is 0.400. The monoisotopic (exact) mass is 342 g/mol. The van der Waals surface area contributed by atoms with E-state index in [1.165, 1.54) is 5.56 Å². The highest BCUT2D eigenvalue weighted by molar-refractivity contribution is 5.64. The normalized spacial score (nSPS) is 12.2. The van der Waals surface area contributed by atoms with Crippen LogP contribution >= 0.6 is 0 Å². The Morgan fingerprint density at radius 3 is 2.36 bits per heavy atom. The van der Waals surface area contributed by atoms with Gasteiger partial charge in [-0.15, -0.1) is 0 Å². The molecule has 2 aromatic carbocycles. The summed E-state index contributed by atoms with van der Waals surface area (Å²) in [6, 6.07) is 13.6. The van der Waals surface area contributed by atoms with E-state index in [1.54, 1.807) is 6.07 Å². The maximum atomic E-state index is 11.3. The Kier molecular flexibility index (Phi) is 6.53. The number of benzene rings is 2. The number of nitrogens with one attached hydrogen (secondary N) is 1. The van der Waals surface area contributed by atoms with Gasteiger partial charge in [-0.1, -0.05) is 30.3 Å². The molecule has 0 bridgehead atoms. The average molecular weight is 342 g/mol. The molecule has 5 heteroatoms. The molecule has 0 aliphatic heterocycles. The zero-order chi connectivity index (χ0) is 18.4. The second-order valence-electron chi connectivity index (χ2n) is 6.59. The Morgan fingerprint density at radius 2 is 1.76 bits per heavy atom. The van der Waals surface area contributed by atoms with Crippen LogP contribution in [-0.4, -0.2) is 23.7 Å². The highest BCUT2D eigenvalue weighted by Gasteiger charge is 2.18. The molecule has 5 nitrogen and oxygen atoms in total. The first-order valence-electron chi connectivity index (χ1n) is 8.55. The van der Waals surface area contributed by atoms with Gasteiger partial charge in [-0.2, -0.15) is 0 Å². The summed E-state index contributed by atoms with van der Waals surface area (Å²) >= 11 is 0. The molecular weight excluding hydrogens is 316 g/mol. The van der Waals surface area contributed by atoms with E-state index in [9.17, 15) is 10.1 Å². The fourth-order valence-electron chi connectivity index (χ4n) is 2.75. The van der Waals surface area contributed by atoms with Gasteiger partial charge >= 0.3 is 0 Å². The van der Waals surface area contributed by atoms with Crippen molar-refractivity contribution in [1.82, 2.24) is 0 Å². The van der Waals surface area contributed by atoms with Gasteiger partial charge in [0.1, 0.15) is 5.69 Å². The van der Waals surface area contributed by atoms with Crippen LogP contribution in [0.1, 0.15) is 30.5 Å². The number of nitro groups is 1. The first-order chi connectivity index (χ1) is 11.9. The minimum absolute atomic E-state index is 0.0661. The molecule has 0 spiro atoms. The predicted octanol–water partition coefficient (Wildman–Crippen LogP) is 4.66. The molecule has 2 aromatic rings. The van der Waals surface area contributed by atoms with E-state index in [1.807, 2.05) is 52.0 Å². The molecule has 0 fully saturated rings. The third kappa shape index (κ3) is 5.57. The third-order valence-electron chi connectivity index (χ3n) is 4.10. The van der Waals surface area contributed by atoms with E-state index in [0.29, 0.717) is 12.2 Å². The molecule has 0 radical (unpaired) electrons. The third-order valence-corrected chi connectivity index (χ3v) is 4.10. The molecular formula is C20H26N2O3. The lowest BCUT2D eigenvalue weighted by molar-refractivity contribution is -0.384. The summed E-state index contributed by atoms with van der Waals surface area (Å²) in [5.74, 6) is 0. The summed E-state index contributed by atoms with van der Waals surface area (Å²) in [5, 5.41) is 14.6. The predicted molar refractivity (Wildman–Crippen MR) is 101 cm³/mol. The largest absolute Gasteiger partial charge is 0.377 e. The number of aryl methyl sites for hydroxylation is 2. The van der Waals surface area contributed by atoms with Gasteiger partial charge in [0, 0.05) is 19.0 Å². The van der Waals surface area contributed by atoms with Crippen LogP contribution in [-0.2, 0) is 11.2 Å². The first-order valence-corrected chi connectivity index (χ1v) is 8.55. The van der Waals surface area contributed by atoms with Gasteiger partial charge < -0.3 is 10.1 Å². The van der Waals surface area contributed by atoms with Crippen molar-refractivity contribution in [1.29, 1.82) is 0 Å². The van der Waals surface area contributed by atoms with E-state index in [4.69, 9.17) is 4.74 Å². The average Bonchev–Trinajstić information content (AvgIpc) is 2.55. The molecule has 1 atom stereocenters. The van der Waals surface area contributed by atoms with Crippen LogP contribution in [0.25, 0.3) is 0 Å². The highest BCUT2D eigenvalue weighted by atomic mass is 16.6. The quantitative estimate of drug-likeness (QED) is 0.560. The van der Waals surface area contributed by atoms with Crippen LogP contribution in [0.4, 0.5) is 11.4 Å². The Morgan fingerprint density at radius 1 is 1.12 bits per heavy atom. The summed E-state index contributed by atoms with van der Waals surface area (Å²) in [5.41, 5.74) is 3.77. The van der Waals surface area contributed by atoms with Crippen LogP contribution in [0.15, 0.2) is 42.5 Å². The number of ether oxygens (including phenoxy) is 1. The number of rotatable bonds is 8. The molecule has 0 saturated heterocycles. The topological polar surface area (TPSA) is 64.4 Å². The number of nitro benzene ring substituents is 1. The molecule has 1 N–H and O–H groups in total. The van der Waals surface area contributed by atoms with Crippen LogP contribution in [0.5, 0.6) is 0 Å². The number of anilines is 1. The lowest BCUT2D eigenvalue weighted by atomic mass is 10.1. The van der Waals surface area contributed by atoms with Crippen LogP contribution in [0.3, 0.4) is 0 Å².